The average molecular weight is 368 g/mol. The largest absolute Gasteiger partial charge is 0.363 e. The highest BCUT2D eigenvalue weighted by Crippen LogP contribution is 2.36. The van der Waals surface area contributed by atoms with Gasteiger partial charge in [-0.3, -0.25) is 0 Å². The van der Waals surface area contributed by atoms with Crippen molar-refractivity contribution in [2.24, 2.45) is 0 Å². The second-order valence-electron chi connectivity index (χ2n) is 6.59. The van der Waals surface area contributed by atoms with Crippen molar-refractivity contribution in [3.63, 3.8) is 0 Å². The van der Waals surface area contributed by atoms with Gasteiger partial charge in [-0.2, -0.15) is 0 Å². The molecule has 1 spiro atoms. The van der Waals surface area contributed by atoms with E-state index in [9.17, 15) is 0 Å². The number of hydrogen-bond acceptors (Lipinski definition) is 5. The van der Waals surface area contributed by atoms with Gasteiger partial charge < -0.3 is 10.6 Å². The summed E-state index contributed by atoms with van der Waals surface area (Å²) in [6, 6.07) is 4.62. The zero-order chi connectivity index (χ0) is 15.2. The van der Waals surface area contributed by atoms with Crippen LogP contribution in [0.3, 0.4) is 0 Å². The van der Waals surface area contributed by atoms with Crippen LogP contribution in [0.2, 0.25) is 0 Å². The molecule has 2 aliphatic rings. The summed E-state index contributed by atoms with van der Waals surface area (Å²) >= 11 is 0. The first kappa shape index (κ1) is 18.9. The molecule has 1 saturated heterocycles. The van der Waals surface area contributed by atoms with Gasteiger partial charge in [0, 0.05) is 30.5 Å². The molecule has 2 aliphatic heterocycles. The van der Waals surface area contributed by atoms with Gasteiger partial charge in [-0.25, -0.2) is 15.0 Å². The average Bonchev–Trinajstić information content (AvgIpc) is 2.88. The molecule has 0 aliphatic carbocycles. The first-order valence-corrected chi connectivity index (χ1v) is 7.95. The SMILES string of the molecule is Cc1nc2c(cc1-c1ncccn1)CC[C@]1(CN[C@@H](C)C1)N2.Cl.Cl. The van der Waals surface area contributed by atoms with Crippen molar-refractivity contribution < 1.29 is 0 Å². The van der Waals surface area contributed by atoms with E-state index in [1.54, 1.807) is 12.4 Å². The Morgan fingerprint density at radius 3 is 2.62 bits per heavy atom. The van der Waals surface area contributed by atoms with Crippen molar-refractivity contribution >= 4 is 30.6 Å². The molecule has 0 aromatic carbocycles. The zero-order valence-corrected chi connectivity index (χ0v) is 15.5. The lowest BCUT2D eigenvalue weighted by atomic mass is 9.85. The number of nitrogens with one attached hydrogen (secondary N) is 2. The number of pyridine rings is 1. The van der Waals surface area contributed by atoms with Gasteiger partial charge >= 0.3 is 0 Å². The smallest absolute Gasteiger partial charge is 0.160 e. The number of aromatic nitrogens is 3. The Balaban J connectivity index is 0.00000104. The van der Waals surface area contributed by atoms with E-state index in [4.69, 9.17) is 4.98 Å². The maximum atomic E-state index is 4.82. The molecule has 2 aromatic rings. The number of fused-ring (bicyclic) bond motifs is 1. The highest BCUT2D eigenvalue weighted by Gasteiger charge is 2.40. The third-order valence-electron chi connectivity index (χ3n) is 4.84. The molecule has 4 rings (SSSR count). The number of rotatable bonds is 1. The third-order valence-corrected chi connectivity index (χ3v) is 4.84. The zero-order valence-electron chi connectivity index (χ0n) is 13.9. The van der Waals surface area contributed by atoms with E-state index in [1.165, 1.54) is 5.56 Å². The Morgan fingerprint density at radius 1 is 1.21 bits per heavy atom. The van der Waals surface area contributed by atoms with E-state index < -0.39 is 0 Å². The van der Waals surface area contributed by atoms with Crippen LogP contribution in [0.4, 0.5) is 5.82 Å². The molecule has 24 heavy (non-hydrogen) atoms. The molecule has 2 aromatic heterocycles. The van der Waals surface area contributed by atoms with Gasteiger partial charge in [-0.05, 0) is 50.8 Å². The van der Waals surface area contributed by atoms with Gasteiger partial charge in [-0.1, -0.05) is 0 Å². The molecule has 130 valence electrons. The summed E-state index contributed by atoms with van der Waals surface area (Å²) in [4.78, 5) is 13.5. The predicted octanol–water partition coefficient (Wildman–Crippen LogP) is 3.17. The van der Waals surface area contributed by atoms with E-state index in [1.807, 2.05) is 13.0 Å². The summed E-state index contributed by atoms with van der Waals surface area (Å²) in [7, 11) is 0. The van der Waals surface area contributed by atoms with Gasteiger partial charge in [-0.15, -0.1) is 24.8 Å². The summed E-state index contributed by atoms with van der Waals surface area (Å²) in [5.74, 6) is 1.80. The van der Waals surface area contributed by atoms with Crippen molar-refractivity contribution in [1.29, 1.82) is 0 Å². The fourth-order valence-corrected chi connectivity index (χ4v) is 3.68. The maximum Gasteiger partial charge on any atom is 0.160 e. The van der Waals surface area contributed by atoms with Crippen LogP contribution >= 0.6 is 24.8 Å². The van der Waals surface area contributed by atoms with Gasteiger partial charge in [0.15, 0.2) is 5.82 Å². The topological polar surface area (TPSA) is 62.7 Å². The Morgan fingerprint density at radius 2 is 1.96 bits per heavy atom. The molecule has 2 N–H and O–H groups in total. The number of anilines is 1. The van der Waals surface area contributed by atoms with Crippen LogP contribution in [-0.4, -0.2) is 33.1 Å². The van der Waals surface area contributed by atoms with Crippen LogP contribution in [-0.2, 0) is 6.42 Å². The van der Waals surface area contributed by atoms with Crippen molar-refractivity contribution in [3.05, 3.63) is 35.8 Å². The third kappa shape index (κ3) is 3.34. The fourth-order valence-electron chi connectivity index (χ4n) is 3.68. The molecule has 0 saturated carbocycles. The first-order valence-electron chi connectivity index (χ1n) is 7.95. The number of hydrogen-bond donors (Lipinski definition) is 2. The monoisotopic (exact) mass is 367 g/mol. The summed E-state index contributed by atoms with van der Waals surface area (Å²) in [5, 5.41) is 7.26. The molecule has 1 fully saturated rings. The number of nitrogens with zero attached hydrogens (tertiary/aromatic N) is 3. The van der Waals surface area contributed by atoms with E-state index in [-0.39, 0.29) is 30.4 Å². The van der Waals surface area contributed by atoms with Crippen molar-refractivity contribution in [2.75, 3.05) is 11.9 Å². The van der Waals surface area contributed by atoms with Crippen molar-refractivity contribution in [1.82, 2.24) is 20.3 Å². The molecule has 5 nitrogen and oxygen atoms in total. The fraction of sp³-hybridized carbons (Fsp3) is 0.471. The van der Waals surface area contributed by atoms with E-state index in [0.717, 1.165) is 48.7 Å². The second-order valence-corrected chi connectivity index (χ2v) is 6.59. The van der Waals surface area contributed by atoms with Crippen LogP contribution in [0.1, 0.15) is 31.0 Å². The first-order chi connectivity index (χ1) is 10.7. The molecule has 0 radical (unpaired) electrons. The molecule has 2 atom stereocenters. The van der Waals surface area contributed by atoms with Crippen LogP contribution in [0.25, 0.3) is 11.4 Å². The number of aryl methyl sites for hydroxylation is 2. The summed E-state index contributed by atoms with van der Waals surface area (Å²) in [5.41, 5.74) is 3.47. The summed E-state index contributed by atoms with van der Waals surface area (Å²) in [6.45, 7) is 5.31. The molecular weight excluding hydrogens is 345 g/mol. The van der Waals surface area contributed by atoms with Crippen LogP contribution in [0, 0.1) is 6.92 Å². The lowest BCUT2D eigenvalue weighted by molar-refractivity contribution is 0.446. The lowest BCUT2D eigenvalue weighted by Crippen LogP contribution is -2.44. The maximum absolute atomic E-state index is 4.82. The van der Waals surface area contributed by atoms with Crippen LogP contribution in [0.5, 0.6) is 0 Å². The standard InChI is InChI=1S/C17H21N5.2ClH/c1-11-9-17(10-20-11)5-4-13-8-14(12(2)21-15(13)22-17)16-18-6-3-7-19-16;;/h3,6-8,11,20H,4-5,9-10H2,1-2H3,(H,21,22);2*1H/t11-,17-;;/m0../s1. The predicted molar refractivity (Wildman–Crippen MR) is 101 cm³/mol. The van der Waals surface area contributed by atoms with Crippen molar-refractivity contribution in [3.8, 4) is 11.4 Å². The molecular formula is C17H23Cl2N5. The normalized spacial score (nSPS) is 24.5. The Labute approximate surface area is 154 Å². The minimum atomic E-state index is 0. The molecule has 0 amide bonds. The summed E-state index contributed by atoms with van der Waals surface area (Å²) < 4.78 is 0. The molecule has 0 bridgehead atoms. The molecule has 7 heteroatoms. The highest BCUT2D eigenvalue weighted by molar-refractivity contribution is 5.85. The molecule has 4 heterocycles. The van der Waals surface area contributed by atoms with Crippen LogP contribution < -0.4 is 10.6 Å². The van der Waals surface area contributed by atoms with Gasteiger partial charge in [0.25, 0.3) is 0 Å². The van der Waals surface area contributed by atoms with E-state index in [0.29, 0.717) is 6.04 Å². The van der Waals surface area contributed by atoms with E-state index >= 15 is 0 Å². The Kier molecular flexibility index (Phi) is 5.68. The molecule has 0 unspecified atom stereocenters. The highest BCUT2D eigenvalue weighted by atomic mass is 35.5. The van der Waals surface area contributed by atoms with Gasteiger partial charge in [0.1, 0.15) is 5.82 Å². The lowest BCUT2D eigenvalue weighted by Gasteiger charge is -2.36. The number of halogens is 2. The Hall–Kier alpha value is -1.43. The minimum absolute atomic E-state index is 0. The second kappa shape index (κ2) is 7.21. The van der Waals surface area contributed by atoms with Crippen LogP contribution in [0.15, 0.2) is 24.5 Å². The van der Waals surface area contributed by atoms with Crippen molar-refractivity contribution in [2.45, 2.75) is 44.7 Å². The summed E-state index contributed by atoms with van der Waals surface area (Å²) in [6.07, 6.45) is 6.93. The van der Waals surface area contributed by atoms with Gasteiger partial charge in [0.2, 0.25) is 0 Å². The van der Waals surface area contributed by atoms with Gasteiger partial charge in [0.05, 0.1) is 11.2 Å². The minimum Gasteiger partial charge on any atom is -0.363 e. The quantitative estimate of drug-likeness (QED) is 0.810. The van der Waals surface area contributed by atoms with E-state index in [2.05, 4.69) is 33.6 Å². The Bertz CT molecular complexity index is 710.